The summed E-state index contributed by atoms with van der Waals surface area (Å²) in [6.07, 6.45) is -4.50. The molecule has 0 bridgehead atoms. The molecule has 0 atom stereocenters. The zero-order chi connectivity index (χ0) is 20.6. The number of hydrogen-bond donors (Lipinski definition) is 2. The van der Waals surface area contributed by atoms with Gasteiger partial charge in [-0.15, -0.1) is 0 Å². The van der Waals surface area contributed by atoms with Gasteiger partial charge in [0.05, 0.1) is 18.7 Å². The Morgan fingerprint density at radius 3 is 2.54 bits per heavy atom. The number of hydrogen-bond acceptors (Lipinski definition) is 5. The van der Waals surface area contributed by atoms with Crippen LogP contribution in [0.4, 0.5) is 19.1 Å². The summed E-state index contributed by atoms with van der Waals surface area (Å²) in [6, 6.07) is 4.74. The number of aryl methyl sites for hydroxylation is 1. The van der Waals surface area contributed by atoms with Crippen LogP contribution in [-0.4, -0.2) is 36.9 Å². The van der Waals surface area contributed by atoms with Gasteiger partial charge in [0.15, 0.2) is 11.2 Å². The summed E-state index contributed by atoms with van der Waals surface area (Å²) < 4.78 is 42.5. The molecule has 0 radical (unpaired) electrons. The maximum atomic E-state index is 13.0. The fourth-order valence-electron chi connectivity index (χ4n) is 2.93. The number of rotatable bonds is 5. The SMILES string of the molecule is Cn1c(=O)c2c(nc(NCCO)n2Cc2cccc(C(F)(F)F)c2)n(C)c1=O. The van der Waals surface area contributed by atoms with Crippen LogP contribution in [0.3, 0.4) is 0 Å². The first-order chi connectivity index (χ1) is 13.1. The molecule has 0 spiro atoms. The van der Waals surface area contributed by atoms with E-state index in [1.165, 1.54) is 35.4 Å². The minimum atomic E-state index is -4.50. The number of aromatic nitrogens is 4. The van der Waals surface area contributed by atoms with E-state index in [0.29, 0.717) is 5.56 Å². The van der Waals surface area contributed by atoms with Crippen LogP contribution in [0.1, 0.15) is 11.1 Å². The second-order valence-corrected chi connectivity index (χ2v) is 6.25. The predicted molar refractivity (Wildman–Crippen MR) is 96.3 cm³/mol. The normalized spacial score (nSPS) is 11.9. The van der Waals surface area contributed by atoms with Crippen molar-refractivity contribution >= 4 is 17.1 Å². The molecule has 0 saturated carbocycles. The van der Waals surface area contributed by atoms with Crippen molar-refractivity contribution < 1.29 is 18.3 Å². The molecule has 28 heavy (non-hydrogen) atoms. The van der Waals surface area contributed by atoms with E-state index in [4.69, 9.17) is 5.11 Å². The fraction of sp³-hybridized carbons (Fsp3) is 0.353. The molecule has 8 nitrogen and oxygen atoms in total. The lowest BCUT2D eigenvalue weighted by atomic mass is 10.1. The summed E-state index contributed by atoms with van der Waals surface area (Å²) in [5.41, 5.74) is -1.52. The van der Waals surface area contributed by atoms with Crippen LogP contribution >= 0.6 is 0 Å². The molecule has 0 fully saturated rings. The molecule has 2 heterocycles. The third-order valence-electron chi connectivity index (χ3n) is 4.34. The van der Waals surface area contributed by atoms with Crippen LogP contribution in [0.15, 0.2) is 33.9 Å². The summed E-state index contributed by atoms with van der Waals surface area (Å²) in [5.74, 6) is 0.166. The minimum Gasteiger partial charge on any atom is -0.395 e. The molecule has 11 heteroatoms. The second-order valence-electron chi connectivity index (χ2n) is 6.25. The highest BCUT2D eigenvalue weighted by molar-refractivity contribution is 5.74. The standard InChI is InChI=1S/C17H18F3N5O3/c1-23-13-12(14(27)24(2)16(23)28)25(15(22-13)21-6-7-26)9-10-4-3-5-11(8-10)17(18,19)20/h3-5,8,26H,6-7,9H2,1-2H3,(H,21,22). The Morgan fingerprint density at radius 1 is 1.18 bits per heavy atom. The van der Waals surface area contributed by atoms with E-state index in [9.17, 15) is 22.8 Å². The second kappa shape index (κ2) is 7.15. The third-order valence-corrected chi connectivity index (χ3v) is 4.34. The van der Waals surface area contributed by atoms with E-state index < -0.39 is 23.0 Å². The van der Waals surface area contributed by atoms with Gasteiger partial charge < -0.3 is 10.4 Å². The highest BCUT2D eigenvalue weighted by atomic mass is 19.4. The number of alkyl halides is 3. The van der Waals surface area contributed by atoms with Gasteiger partial charge in [0.1, 0.15) is 0 Å². The van der Waals surface area contributed by atoms with Gasteiger partial charge in [-0.3, -0.25) is 18.5 Å². The Kier molecular flexibility index (Phi) is 5.02. The van der Waals surface area contributed by atoms with E-state index in [-0.39, 0.29) is 36.8 Å². The van der Waals surface area contributed by atoms with Crippen LogP contribution in [0, 0.1) is 0 Å². The Balaban J connectivity index is 2.21. The quantitative estimate of drug-likeness (QED) is 0.667. The zero-order valence-corrected chi connectivity index (χ0v) is 15.1. The minimum absolute atomic E-state index is 0.0717. The first-order valence-corrected chi connectivity index (χ1v) is 8.32. The monoisotopic (exact) mass is 397 g/mol. The average molecular weight is 397 g/mol. The van der Waals surface area contributed by atoms with Gasteiger partial charge >= 0.3 is 11.9 Å². The smallest absolute Gasteiger partial charge is 0.395 e. The van der Waals surface area contributed by atoms with Crippen molar-refractivity contribution in [3.63, 3.8) is 0 Å². The van der Waals surface area contributed by atoms with E-state index in [2.05, 4.69) is 10.3 Å². The summed E-state index contributed by atoms with van der Waals surface area (Å²) >= 11 is 0. The Hall–Kier alpha value is -3.08. The molecular formula is C17H18F3N5O3. The van der Waals surface area contributed by atoms with Gasteiger partial charge in [0, 0.05) is 20.6 Å². The molecule has 150 valence electrons. The summed E-state index contributed by atoms with van der Waals surface area (Å²) in [4.78, 5) is 29.0. The van der Waals surface area contributed by atoms with Crippen molar-refractivity contribution in [1.29, 1.82) is 0 Å². The van der Waals surface area contributed by atoms with Crippen molar-refractivity contribution in [2.24, 2.45) is 14.1 Å². The van der Waals surface area contributed by atoms with Crippen molar-refractivity contribution in [2.75, 3.05) is 18.5 Å². The topological polar surface area (TPSA) is 94.1 Å². The number of anilines is 1. The molecule has 0 aliphatic rings. The lowest BCUT2D eigenvalue weighted by Crippen LogP contribution is -2.37. The number of halogens is 3. The number of aliphatic hydroxyl groups excluding tert-OH is 1. The number of nitrogens with one attached hydrogen (secondary N) is 1. The van der Waals surface area contributed by atoms with Crippen LogP contribution < -0.4 is 16.6 Å². The molecule has 2 aromatic heterocycles. The first kappa shape index (κ1) is 19.7. The van der Waals surface area contributed by atoms with Crippen LogP contribution in [0.2, 0.25) is 0 Å². The Labute approximate surface area is 156 Å². The summed E-state index contributed by atoms with van der Waals surface area (Å²) in [6.45, 7) is -0.189. The van der Waals surface area contributed by atoms with Crippen molar-refractivity contribution in [2.45, 2.75) is 12.7 Å². The van der Waals surface area contributed by atoms with Crippen LogP contribution in [-0.2, 0) is 26.8 Å². The maximum absolute atomic E-state index is 13.0. The highest BCUT2D eigenvalue weighted by Crippen LogP contribution is 2.30. The van der Waals surface area contributed by atoms with Gasteiger partial charge in [-0.1, -0.05) is 12.1 Å². The van der Waals surface area contributed by atoms with Gasteiger partial charge in [0.25, 0.3) is 5.56 Å². The predicted octanol–water partition coefficient (Wildman–Crippen LogP) is 0.905. The molecule has 0 saturated heterocycles. The van der Waals surface area contributed by atoms with E-state index in [1.54, 1.807) is 0 Å². The molecular weight excluding hydrogens is 379 g/mol. The van der Waals surface area contributed by atoms with E-state index >= 15 is 0 Å². The van der Waals surface area contributed by atoms with Gasteiger partial charge in [-0.2, -0.15) is 18.2 Å². The highest BCUT2D eigenvalue weighted by Gasteiger charge is 2.30. The Morgan fingerprint density at radius 2 is 1.89 bits per heavy atom. The van der Waals surface area contributed by atoms with E-state index in [1.807, 2.05) is 0 Å². The molecule has 0 aliphatic carbocycles. The fourth-order valence-corrected chi connectivity index (χ4v) is 2.93. The Bertz CT molecular complexity index is 1140. The molecule has 0 amide bonds. The number of nitrogens with zero attached hydrogens (tertiary/aromatic N) is 4. The van der Waals surface area contributed by atoms with Crippen molar-refractivity contribution in [3.05, 3.63) is 56.2 Å². The number of aliphatic hydroxyl groups is 1. The number of fused-ring (bicyclic) bond motifs is 1. The molecule has 1 aromatic carbocycles. The van der Waals surface area contributed by atoms with E-state index in [0.717, 1.165) is 16.7 Å². The van der Waals surface area contributed by atoms with Gasteiger partial charge in [-0.25, -0.2) is 4.79 Å². The lowest BCUT2D eigenvalue weighted by Gasteiger charge is -2.12. The van der Waals surface area contributed by atoms with Crippen molar-refractivity contribution in [3.8, 4) is 0 Å². The average Bonchev–Trinajstić information content (AvgIpc) is 3.01. The summed E-state index contributed by atoms with van der Waals surface area (Å²) in [7, 11) is 2.76. The van der Waals surface area contributed by atoms with Crippen LogP contribution in [0.25, 0.3) is 11.2 Å². The first-order valence-electron chi connectivity index (χ1n) is 8.32. The number of benzene rings is 1. The van der Waals surface area contributed by atoms with Crippen molar-refractivity contribution in [1.82, 2.24) is 18.7 Å². The lowest BCUT2D eigenvalue weighted by molar-refractivity contribution is -0.137. The molecule has 3 rings (SSSR count). The molecule has 0 aliphatic heterocycles. The zero-order valence-electron chi connectivity index (χ0n) is 15.1. The van der Waals surface area contributed by atoms with Gasteiger partial charge in [-0.05, 0) is 17.7 Å². The van der Waals surface area contributed by atoms with Crippen LogP contribution in [0.5, 0.6) is 0 Å². The maximum Gasteiger partial charge on any atom is 0.416 e. The largest absolute Gasteiger partial charge is 0.416 e. The molecule has 3 aromatic rings. The molecule has 2 N–H and O–H groups in total. The van der Waals surface area contributed by atoms with Gasteiger partial charge in [0.2, 0.25) is 5.95 Å². The summed E-state index contributed by atoms with van der Waals surface area (Å²) in [5, 5.41) is 11.9. The number of imidazole rings is 1. The third kappa shape index (κ3) is 3.40. The molecule has 0 unspecified atom stereocenters.